The molecule has 0 aliphatic carbocycles. The molecule has 126 valence electrons. The lowest BCUT2D eigenvalue weighted by Gasteiger charge is -2.41. The highest BCUT2D eigenvalue weighted by molar-refractivity contribution is 6.30. The molecule has 1 atom stereocenters. The number of hydrogen-bond donors (Lipinski definition) is 1. The minimum Gasteiger partial charge on any atom is -0.381 e. The highest BCUT2D eigenvalue weighted by Crippen LogP contribution is 2.37. The smallest absolute Gasteiger partial charge is 0.133 e. The number of nitrogens with zero attached hydrogens (tertiary/aromatic N) is 2. The van der Waals surface area contributed by atoms with Crippen LogP contribution in [0.25, 0.3) is 0 Å². The van der Waals surface area contributed by atoms with Crippen LogP contribution in [0.5, 0.6) is 0 Å². The SMILES string of the molecule is Cl.Cl.Clc1ncccc1[C@@H](C1CCOCC1)N1CCNCC1. The van der Waals surface area contributed by atoms with Crippen molar-refractivity contribution in [3.63, 3.8) is 0 Å². The lowest BCUT2D eigenvalue weighted by molar-refractivity contribution is 0.0212. The van der Waals surface area contributed by atoms with Gasteiger partial charge in [-0.3, -0.25) is 4.90 Å². The van der Waals surface area contributed by atoms with E-state index in [2.05, 4.69) is 21.3 Å². The lowest BCUT2D eigenvalue weighted by Crippen LogP contribution is -2.47. The van der Waals surface area contributed by atoms with E-state index < -0.39 is 0 Å². The fraction of sp³-hybridized carbons (Fsp3) is 0.667. The molecule has 3 rings (SSSR count). The first kappa shape index (κ1) is 19.9. The molecule has 2 saturated heterocycles. The van der Waals surface area contributed by atoms with Crippen molar-refractivity contribution in [3.8, 4) is 0 Å². The van der Waals surface area contributed by atoms with Gasteiger partial charge in [-0.15, -0.1) is 24.8 Å². The topological polar surface area (TPSA) is 37.4 Å². The molecule has 2 fully saturated rings. The van der Waals surface area contributed by atoms with E-state index in [0.29, 0.717) is 17.1 Å². The Morgan fingerprint density at radius 1 is 1.23 bits per heavy atom. The van der Waals surface area contributed by atoms with Crippen molar-refractivity contribution in [3.05, 3.63) is 29.0 Å². The van der Waals surface area contributed by atoms with Crippen LogP contribution in [0.3, 0.4) is 0 Å². The second-order valence-corrected chi connectivity index (χ2v) is 5.92. The van der Waals surface area contributed by atoms with Crippen LogP contribution < -0.4 is 5.32 Å². The van der Waals surface area contributed by atoms with Crippen LogP contribution in [-0.4, -0.2) is 49.3 Å². The number of nitrogens with one attached hydrogen (secondary N) is 1. The van der Waals surface area contributed by atoms with E-state index in [9.17, 15) is 0 Å². The first-order valence-corrected chi connectivity index (χ1v) is 7.87. The first-order valence-electron chi connectivity index (χ1n) is 7.49. The van der Waals surface area contributed by atoms with E-state index >= 15 is 0 Å². The van der Waals surface area contributed by atoms with Crippen molar-refractivity contribution < 1.29 is 4.74 Å². The van der Waals surface area contributed by atoms with E-state index in [-0.39, 0.29) is 24.8 Å². The molecule has 0 saturated carbocycles. The van der Waals surface area contributed by atoms with Crippen LogP contribution in [0.15, 0.2) is 18.3 Å². The monoisotopic (exact) mass is 367 g/mol. The highest BCUT2D eigenvalue weighted by atomic mass is 35.5. The maximum Gasteiger partial charge on any atom is 0.133 e. The molecular weight excluding hydrogens is 345 g/mol. The van der Waals surface area contributed by atoms with Gasteiger partial charge in [0.15, 0.2) is 0 Å². The summed E-state index contributed by atoms with van der Waals surface area (Å²) in [5.41, 5.74) is 1.18. The Morgan fingerprint density at radius 2 is 1.91 bits per heavy atom. The van der Waals surface area contributed by atoms with E-state index in [0.717, 1.165) is 52.2 Å². The largest absolute Gasteiger partial charge is 0.381 e. The van der Waals surface area contributed by atoms with Gasteiger partial charge in [0.05, 0.1) is 0 Å². The number of piperazine rings is 1. The number of hydrogen-bond acceptors (Lipinski definition) is 4. The molecule has 1 aromatic heterocycles. The Labute approximate surface area is 149 Å². The highest BCUT2D eigenvalue weighted by Gasteiger charge is 2.32. The average Bonchev–Trinajstić information content (AvgIpc) is 2.52. The molecule has 22 heavy (non-hydrogen) atoms. The van der Waals surface area contributed by atoms with Crippen LogP contribution >= 0.6 is 36.4 Å². The number of rotatable bonds is 3. The molecule has 4 nitrogen and oxygen atoms in total. The summed E-state index contributed by atoms with van der Waals surface area (Å²) in [5, 5.41) is 4.08. The van der Waals surface area contributed by atoms with Crippen LogP contribution in [-0.2, 0) is 4.74 Å². The Hall–Kier alpha value is -0.100. The summed E-state index contributed by atoms with van der Waals surface area (Å²) in [7, 11) is 0. The Bertz CT molecular complexity index is 420. The van der Waals surface area contributed by atoms with Gasteiger partial charge < -0.3 is 10.1 Å². The number of ether oxygens (including phenoxy) is 1. The minimum atomic E-state index is 0. The van der Waals surface area contributed by atoms with Crippen LogP contribution in [0.2, 0.25) is 5.15 Å². The van der Waals surface area contributed by atoms with Crippen LogP contribution in [0.1, 0.15) is 24.4 Å². The predicted octanol–water partition coefficient (Wildman–Crippen LogP) is 2.95. The molecule has 0 bridgehead atoms. The molecule has 0 spiro atoms. The first-order chi connectivity index (χ1) is 9.86. The van der Waals surface area contributed by atoms with Crippen molar-refractivity contribution >= 4 is 36.4 Å². The summed E-state index contributed by atoms with van der Waals surface area (Å²) >= 11 is 6.37. The number of halogens is 3. The van der Waals surface area contributed by atoms with Crippen molar-refractivity contribution in [2.75, 3.05) is 39.4 Å². The summed E-state index contributed by atoms with van der Waals surface area (Å²) in [6.07, 6.45) is 3.99. The third kappa shape index (κ3) is 4.70. The molecule has 1 aromatic rings. The summed E-state index contributed by atoms with van der Waals surface area (Å²) in [6, 6.07) is 4.51. The normalized spacial score (nSPS) is 21.5. The summed E-state index contributed by atoms with van der Waals surface area (Å²) in [5.74, 6) is 0.614. The zero-order valence-electron chi connectivity index (χ0n) is 12.5. The fourth-order valence-corrected chi connectivity index (χ4v) is 3.59. The molecule has 0 unspecified atom stereocenters. The molecule has 1 N–H and O–H groups in total. The van der Waals surface area contributed by atoms with Crippen LogP contribution in [0, 0.1) is 5.92 Å². The third-order valence-electron chi connectivity index (χ3n) is 4.36. The molecule has 0 radical (unpaired) electrons. The lowest BCUT2D eigenvalue weighted by atomic mass is 9.86. The second-order valence-electron chi connectivity index (χ2n) is 5.56. The molecule has 3 heterocycles. The molecule has 2 aliphatic rings. The summed E-state index contributed by atoms with van der Waals surface area (Å²) in [4.78, 5) is 6.85. The van der Waals surface area contributed by atoms with Gasteiger partial charge in [-0.1, -0.05) is 17.7 Å². The molecule has 0 aromatic carbocycles. The standard InChI is InChI=1S/C15H22ClN3O.2ClH/c16-15-13(2-1-5-18-15)14(12-3-10-20-11-4-12)19-8-6-17-7-9-19;;/h1-2,5,12,14,17H,3-4,6-11H2;2*1H/t14-;;/m1../s1. The van der Waals surface area contributed by atoms with Crippen molar-refractivity contribution in [1.82, 2.24) is 15.2 Å². The average molecular weight is 369 g/mol. The van der Waals surface area contributed by atoms with E-state index in [1.165, 1.54) is 5.56 Å². The Kier molecular flexibility index (Phi) is 8.98. The predicted molar refractivity (Wildman–Crippen MR) is 94.5 cm³/mol. The van der Waals surface area contributed by atoms with E-state index in [4.69, 9.17) is 16.3 Å². The quantitative estimate of drug-likeness (QED) is 0.832. The molecule has 2 aliphatic heterocycles. The van der Waals surface area contributed by atoms with Gasteiger partial charge in [0.25, 0.3) is 0 Å². The molecular formula is C15H24Cl3N3O. The Morgan fingerprint density at radius 3 is 2.55 bits per heavy atom. The maximum absolute atomic E-state index is 6.37. The maximum atomic E-state index is 6.37. The van der Waals surface area contributed by atoms with Gasteiger partial charge in [0.2, 0.25) is 0 Å². The van der Waals surface area contributed by atoms with E-state index in [1.807, 2.05) is 6.07 Å². The van der Waals surface area contributed by atoms with Gasteiger partial charge in [-0.2, -0.15) is 0 Å². The zero-order valence-corrected chi connectivity index (χ0v) is 14.9. The molecule has 0 amide bonds. The second kappa shape index (κ2) is 9.91. The number of aromatic nitrogens is 1. The van der Waals surface area contributed by atoms with Gasteiger partial charge in [0, 0.05) is 57.2 Å². The van der Waals surface area contributed by atoms with Crippen molar-refractivity contribution in [1.29, 1.82) is 0 Å². The summed E-state index contributed by atoms with van der Waals surface area (Å²) in [6.45, 7) is 5.99. The number of pyridine rings is 1. The zero-order chi connectivity index (χ0) is 13.8. The van der Waals surface area contributed by atoms with Gasteiger partial charge in [-0.05, 0) is 24.8 Å². The van der Waals surface area contributed by atoms with Gasteiger partial charge in [0.1, 0.15) is 5.15 Å². The minimum absolute atomic E-state index is 0. The van der Waals surface area contributed by atoms with Gasteiger partial charge in [-0.25, -0.2) is 4.98 Å². The van der Waals surface area contributed by atoms with Gasteiger partial charge >= 0.3 is 0 Å². The van der Waals surface area contributed by atoms with Crippen LogP contribution in [0.4, 0.5) is 0 Å². The van der Waals surface area contributed by atoms with E-state index in [1.54, 1.807) is 6.20 Å². The Balaban J connectivity index is 0.00000121. The third-order valence-corrected chi connectivity index (χ3v) is 4.68. The summed E-state index contributed by atoms with van der Waals surface area (Å²) < 4.78 is 5.52. The van der Waals surface area contributed by atoms with Crippen molar-refractivity contribution in [2.45, 2.75) is 18.9 Å². The van der Waals surface area contributed by atoms with Crippen molar-refractivity contribution in [2.24, 2.45) is 5.92 Å². The fourth-order valence-electron chi connectivity index (χ4n) is 3.36. The molecule has 7 heteroatoms.